The third kappa shape index (κ3) is 5.32. The standard InChI is InChI=1S/C28H35N3O3/c1-20-10-4-6-12-23(20)26(32)29-25(28(34)30-16-8-3-9-17-30)22-14-18-31(19-15-22)27(33)24-13-7-5-11-21(24)2/h4-7,10-13,22,25H,3,8-9,14-19H2,1-2H3,(H,29,32)/t25-/m0/s1. The van der Waals surface area contributed by atoms with Crippen LogP contribution >= 0.6 is 0 Å². The number of nitrogens with one attached hydrogen (secondary N) is 1. The van der Waals surface area contributed by atoms with Crippen LogP contribution in [0, 0.1) is 19.8 Å². The van der Waals surface area contributed by atoms with Crippen LogP contribution in [-0.4, -0.2) is 59.7 Å². The first kappa shape index (κ1) is 24.0. The fourth-order valence-corrected chi connectivity index (χ4v) is 5.16. The molecule has 0 radical (unpaired) electrons. The van der Waals surface area contributed by atoms with Gasteiger partial charge >= 0.3 is 0 Å². The predicted molar refractivity (Wildman–Crippen MR) is 133 cm³/mol. The Balaban J connectivity index is 1.48. The van der Waals surface area contributed by atoms with E-state index in [1.807, 2.05) is 66.1 Å². The molecule has 0 saturated carbocycles. The van der Waals surface area contributed by atoms with Gasteiger partial charge in [0.25, 0.3) is 11.8 Å². The summed E-state index contributed by atoms with van der Waals surface area (Å²) in [6.45, 7) is 6.53. The van der Waals surface area contributed by atoms with Gasteiger partial charge in [-0.3, -0.25) is 14.4 Å². The quantitative estimate of drug-likeness (QED) is 0.733. The van der Waals surface area contributed by atoms with Crippen LogP contribution in [0.15, 0.2) is 48.5 Å². The SMILES string of the molecule is Cc1ccccc1C(=O)N[C@H](C(=O)N1CCCCC1)C1CCN(C(=O)c2ccccc2C)CC1. The van der Waals surface area contributed by atoms with Crippen molar-refractivity contribution in [1.29, 1.82) is 0 Å². The summed E-state index contributed by atoms with van der Waals surface area (Å²) in [4.78, 5) is 43.6. The Kier molecular flexibility index (Phi) is 7.66. The lowest BCUT2D eigenvalue weighted by Crippen LogP contribution is -2.55. The Labute approximate surface area is 202 Å². The number of carbonyl (C=O) groups excluding carboxylic acids is 3. The molecule has 2 aromatic rings. The molecule has 3 amide bonds. The van der Waals surface area contributed by atoms with Crippen LogP contribution in [-0.2, 0) is 4.79 Å². The maximum atomic E-state index is 13.6. The van der Waals surface area contributed by atoms with E-state index in [0.29, 0.717) is 31.5 Å². The van der Waals surface area contributed by atoms with Gasteiger partial charge in [0.15, 0.2) is 0 Å². The number of nitrogens with zero attached hydrogens (tertiary/aromatic N) is 2. The van der Waals surface area contributed by atoms with E-state index in [-0.39, 0.29) is 23.6 Å². The number of hydrogen-bond acceptors (Lipinski definition) is 3. The summed E-state index contributed by atoms with van der Waals surface area (Å²) in [6.07, 6.45) is 4.54. The van der Waals surface area contributed by atoms with Crippen molar-refractivity contribution in [2.75, 3.05) is 26.2 Å². The van der Waals surface area contributed by atoms with Crippen LogP contribution < -0.4 is 5.32 Å². The summed E-state index contributed by atoms with van der Waals surface area (Å²) in [5.41, 5.74) is 3.20. The fourth-order valence-electron chi connectivity index (χ4n) is 5.16. The molecular weight excluding hydrogens is 426 g/mol. The van der Waals surface area contributed by atoms with Crippen molar-refractivity contribution in [2.45, 2.75) is 52.0 Å². The van der Waals surface area contributed by atoms with Gasteiger partial charge in [0.1, 0.15) is 6.04 Å². The normalized spacial score (nSPS) is 17.8. The second-order valence-electron chi connectivity index (χ2n) is 9.60. The average molecular weight is 462 g/mol. The maximum absolute atomic E-state index is 13.6. The Bertz CT molecular complexity index is 1040. The molecule has 180 valence electrons. The summed E-state index contributed by atoms with van der Waals surface area (Å²) in [7, 11) is 0. The van der Waals surface area contributed by atoms with Crippen LogP contribution in [0.5, 0.6) is 0 Å². The summed E-state index contributed by atoms with van der Waals surface area (Å²) in [5, 5.41) is 3.09. The lowest BCUT2D eigenvalue weighted by atomic mass is 9.87. The lowest BCUT2D eigenvalue weighted by molar-refractivity contribution is -0.136. The number of rotatable bonds is 5. The van der Waals surface area contributed by atoms with Crippen molar-refractivity contribution in [3.63, 3.8) is 0 Å². The number of carbonyl (C=O) groups is 3. The van der Waals surface area contributed by atoms with Gasteiger partial charge in [0.2, 0.25) is 5.91 Å². The minimum Gasteiger partial charge on any atom is -0.341 e. The zero-order valence-electron chi connectivity index (χ0n) is 20.3. The van der Waals surface area contributed by atoms with E-state index >= 15 is 0 Å². The second kappa shape index (κ2) is 10.9. The largest absolute Gasteiger partial charge is 0.341 e. The van der Waals surface area contributed by atoms with Gasteiger partial charge < -0.3 is 15.1 Å². The molecule has 2 fully saturated rings. The number of piperidine rings is 2. The highest BCUT2D eigenvalue weighted by Crippen LogP contribution is 2.25. The van der Waals surface area contributed by atoms with Gasteiger partial charge in [-0.2, -0.15) is 0 Å². The molecule has 0 aliphatic carbocycles. The van der Waals surface area contributed by atoms with Crippen LogP contribution in [0.2, 0.25) is 0 Å². The highest BCUT2D eigenvalue weighted by molar-refractivity contribution is 5.99. The van der Waals surface area contributed by atoms with Gasteiger partial charge in [0.05, 0.1) is 0 Å². The van der Waals surface area contributed by atoms with Crippen molar-refractivity contribution < 1.29 is 14.4 Å². The highest BCUT2D eigenvalue weighted by Gasteiger charge is 2.36. The van der Waals surface area contributed by atoms with Crippen LogP contribution in [0.3, 0.4) is 0 Å². The third-order valence-corrected chi connectivity index (χ3v) is 7.28. The van der Waals surface area contributed by atoms with Crippen molar-refractivity contribution in [2.24, 2.45) is 5.92 Å². The van der Waals surface area contributed by atoms with E-state index in [0.717, 1.165) is 49.0 Å². The molecule has 34 heavy (non-hydrogen) atoms. The van der Waals surface area contributed by atoms with Crippen molar-refractivity contribution >= 4 is 17.7 Å². The number of likely N-dealkylation sites (tertiary alicyclic amines) is 2. The molecule has 6 nitrogen and oxygen atoms in total. The van der Waals surface area contributed by atoms with Gasteiger partial charge in [-0.25, -0.2) is 0 Å². The van der Waals surface area contributed by atoms with E-state index in [1.54, 1.807) is 6.07 Å². The first-order chi connectivity index (χ1) is 16.5. The lowest BCUT2D eigenvalue weighted by Gasteiger charge is -2.38. The van der Waals surface area contributed by atoms with Crippen LogP contribution in [0.1, 0.15) is 63.9 Å². The predicted octanol–water partition coefficient (Wildman–Crippen LogP) is 3.97. The molecule has 0 aromatic heterocycles. The van der Waals surface area contributed by atoms with Crippen LogP contribution in [0.4, 0.5) is 0 Å². The molecule has 2 aromatic carbocycles. The molecule has 1 atom stereocenters. The van der Waals surface area contributed by atoms with E-state index < -0.39 is 6.04 Å². The van der Waals surface area contributed by atoms with E-state index in [4.69, 9.17) is 0 Å². The molecule has 1 N–H and O–H groups in total. The fraction of sp³-hybridized carbons (Fsp3) is 0.464. The first-order valence-corrected chi connectivity index (χ1v) is 12.5. The minimum atomic E-state index is -0.569. The smallest absolute Gasteiger partial charge is 0.254 e. The van der Waals surface area contributed by atoms with E-state index in [1.165, 1.54) is 0 Å². The molecule has 0 unspecified atom stereocenters. The van der Waals surface area contributed by atoms with Gasteiger partial charge in [0, 0.05) is 37.3 Å². The summed E-state index contributed by atoms with van der Waals surface area (Å²) in [6, 6.07) is 14.5. The summed E-state index contributed by atoms with van der Waals surface area (Å²) < 4.78 is 0. The zero-order chi connectivity index (χ0) is 24.1. The molecule has 2 aliphatic rings. The van der Waals surface area contributed by atoms with Crippen molar-refractivity contribution in [1.82, 2.24) is 15.1 Å². The maximum Gasteiger partial charge on any atom is 0.254 e. The Morgan fingerprint density at radius 1 is 0.765 bits per heavy atom. The monoisotopic (exact) mass is 461 g/mol. The summed E-state index contributed by atoms with van der Waals surface area (Å²) in [5.74, 6) is -0.139. The van der Waals surface area contributed by atoms with Gasteiger partial charge in [-0.1, -0.05) is 36.4 Å². The minimum absolute atomic E-state index is 0.00307. The van der Waals surface area contributed by atoms with E-state index in [2.05, 4.69) is 5.32 Å². The summed E-state index contributed by atoms with van der Waals surface area (Å²) >= 11 is 0. The number of benzene rings is 2. The Morgan fingerprint density at radius 3 is 1.91 bits per heavy atom. The average Bonchev–Trinajstić information content (AvgIpc) is 2.87. The highest BCUT2D eigenvalue weighted by atomic mass is 16.2. The van der Waals surface area contributed by atoms with Crippen molar-refractivity contribution in [3.05, 3.63) is 70.8 Å². The topological polar surface area (TPSA) is 69.7 Å². The molecule has 2 heterocycles. The van der Waals surface area contributed by atoms with Crippen LogP contribution in [0.25, 0.3) is 0 Å². The second-order valence-corrected chi connectivity index (χ2v) is 9.60. The van der Waals surface area contributed by atoms with Crippen molar-refractivity contribution in [3.8, 4) is 0 Å². The molecule has 2 aliphatic heterocycles. The van der Waals surface area contributed by atoms with E-state index in [9.17, 15) is 14.4 Å². The molecule has 0 bridgehead atoms. The molecule has 2 saturated heterocycles. The zero-order valence-corrected chi connectivity index (χ0v) is 20.3. The molecule has 0 spiro atoms. The third-order valence-electron chi connectivity index (χ3n) is 7.28. The molecule has 6 heteroatoms. The molecule has 4 rings (SSSR count). The van der Waals surface area contributed by atoms with Gasteiger partial charge in [-0.05, 0) is 75.1 Å². The first-order valence-electron chi connectivity index (χ1n) is 12.5. The number of aryl methyl sites for hydroxylation is 2. The Morgan fingerprint density at radius 2 is 1.32 bits per heavy atom. The molecular formula is C28H35N3O3. The number of hydrogen-bond donors (Lipinski definition) is 1. The number of amides is 3. The Hall–Kier alpha value is -3.15. The van der Waals surface area contributed by atoms with Gasteiger partial charge in [-0.15, -0.1) is 0 Å².